The number of carbonyl (C=O) groups is 1. The van der Waals surface area contributed by atoms with Crippen molar-refractivity contribution >= 4 is 28.8 Å². The van der Waals surface area contributed by atoms with Crippen molar-refractivity contribution in [3.63, 3.8) is 0 Å². The molecule has 0 fully saturated rings. The van der Waals surface area contributed by atoms with E-state index in [2.05, 4.69) is 10.3 Å². The van der Waals surface area contributed by atoms with Crippen molar-refractivity contribution in [3.05, 3.63) is 92.3 Å². The second kappa shape index (κ2) is 8.06. The summed E-state index contributed by atoms with van der Waals surface area (Å²) in [7, 11) is 1.91. The van der Waals surface area contributed by atoms with Gasteiger partial charge in [0.25, 0.3) is 11.5 Å². The van der Waals surface area contributed by atoms with E-state index in [4.69, 9.17) is 11.6 Å². The zero-order valence-electron chi connectivity index (χ0n) is 15.5. The average Bonchev–Trinajstić information content (AvgIpc) is 3.32. The largest absolute Gasteiger partial charge is 0.346 e. The number of nitrogens with one attached hydrogen (secondary N) is 1. The SMILES string of the molecule is Cn1cc(CNC(=O)c2ccc(Cl)s2)nc1-c1ccc(-n2ccccc2=O)cc1. The fourth-order valence-corrected chi connectivity index (χ4v) is 3.95. The Labute approximate surface area is 176 Å². The average molecular weight is 425 g/mol. The number of aromatic nitrogens is 3. The van der Waals surface area contributed by atoms with Gasteiger partial charge in [-0.15, -0.1) is 11.3 Å². The lowest BCUT2D eigenvalue weighted by atomic mass is 10.2. The molecular formula is C21H17ClN4O2S. The van der Waals surface area contributed by atoms with E-state index in [0.29, 0.717) is 15.8 Å². The van der Waals surface area contributed by atoms with Crippen LogP contribution < -0.4 is 10.9 Å². The van der Waals surface area contributed by atoms with E-state index >= 15 is 0 Å². The Hall–Kier alpha value is -3.16. The number of carbonyl (C=O) groups excluding carboxylic acids is 1. The number of aryl methyl sites for hydroxylation is 1. The third kappa shape index (κ3) is 4.16. The van der Waals surface area contributed by atoms with Crippen molar-refractivity contribution in [3.8, 4) is 17.1 Å². The highest BCUT2D eigenvalue weighted by molar-refractivity contribution is 7.17. The van der Waals surface area contributed by atoms with Gasteiger partial charge in [0.15, 0.2) is 0 Å². The van der Waals surface area contributed by atoms with E-state index in [-0.39, 0.29) is 11.5 Å². The summed E-state index contributed by atoms with van der Waals surface area (Å²) in [5.74, 6) is 0.604. The van der Waals surface area contributed by atoms with Crippen LogP contribution in [-0.4, -0.2) is 20.0 Å². The smallest absolute Gasteiger partial charge is 0.261 e. The van der Waals surface area contributed by atoms with Crippen LogP contribution >= 0.6 is 22.9 Å². The van der Waals surface area contributed by atoms with Gasteiger partial charge in [-0.25, -0.2) is 4.98 Å². The Balaban J connectivity index is 1.50. The van der Waals surface area contributed by atoms with Gasteiger partial charge in [-0.05, 0) is 42.5 Å². The summed E-state index contributed by atoms with van der Waals surface area (Å²) in [6.45, 7) is 0.319. The number of rotatable bonds is 5. The van der Waals surface area contributed by atoms with Crippen LogP contribution in [0.15, 0.2) is 71.8 Å². The summed E-state index contributed by atoms with van der Waals surface area (Å²) < 4.78 is 4.07. The molecule has 3 heterocycles. The fraction of sp³-hybridized carbons (Fsp3) is 0.0952. The van der Waals surface area contributed by atoms with Crippen molar-refractivity contribution in [2.75, 3.05) is 0 Å². The lowest BCUT2D eigenvalue weighted by Gasteiger charge is -2.06. The summed E-state index contributed by atoms with van der Waals surface area (Å²) in [5, 5.41) is 2.86. The molecule has 0 bridgehead atoms. The molecule has 0 saturated heterocycles. The third-order valence-corrected chi connectivity index (χ3v) is 5.61. The summed E-state index contributed by atoms with van der Waals surface area (Å²) in [4.78, 5) is 29.3. The van der Waals surface area contributed by atoms with Crippen LogP contribution in [0.25, 0.3) is 17.1 Å². The number of amides is 1. The van der Waals surface area contributed by atoms with Gasteiger partial charge in [0.05, 0.1) is 21.5 Å². The minimum Gasteiger partial charge on any atom is -0.346 e. The van der Waals surface area contributed by atoms with Gasteiger partial charge < -0.3 is 9.88 Å². The third-order valence-electron chi connectivity index (χ3n) is 4.38. The molecule has 29 heavy (non-hydrogen) atoms. The zero-order valence-corrected chi connectivity index (χ0v) is 17.1. The molecule has 4 rings (SSSR count). The first-order valence-electron chi connectivity index (χ1n) is 8.85. The number of halogens is 1. The number of pyridine rings is 1. The maximum Gasteiger partial charge on any atom is 0.261 e. The first-order valence-corrected chi connectivity index (χ1v) is 10.0. The van der Waals surface area contributed by atoms with Crippen LogP contribution in [-0.2, 0) is 13.6 Å². The Morgan fingerprint density at radius 2 is 1.93 bits per heavy atom. The highest BCUT2D eigenvalue weighted by Crippen LogP contribution is 2.22. The molecule has 1 N–H and O–H groups in total. The van der Waals surface area contributed by atoms with Crippen LogP contribution in [0, 0.1) is 0 Å². The fourth-order valence-electron chi connectivity index (χ4n) is 2.99. The molecule has 6 nitrogen and oxygen atoms in total. The lowest BCUT2D eigenvalue weighted by molar-refractivity contribution is 0.0954. The summed E-state index contributed by atoms with van der Waals surface area (Å²) in [6.07, 6.45) is 3.62. The molecule has 0 saturated carbocycles. The number of nitrogens with zero attached hydrogens (tertiary/aromatic N) is 3. The van der Waals surface area contributed by atoms with Gasteiger partial charge >= 0.3 is 0 Å². The minimum absolute atomic E-state index is 0.0812. The van der Waals surface area contributed by atoms with Gasteiger partial charge in [0.2, 0.25) is 0 Å². The Morgan fingerprint density at radius 1 is 1.14 bits per heavy atom. The second-order valence-electron chi connectivity index (χ2n) is 6.41. The lowest BCUT2D eigenvalue weighted by Crippen LogP contribution is -2.21. The molecule has 4 aromatic rings. The molecule has 1 aromatic carbocycles. The van der Waals surface area contributed by atoms with Crippen LogP contribution in [0.4, 0.5) is 0 Å². The van der Waals surface area contributed by atoms with Gasteiger partial charge in [-0.1, -0.05) is 17.7 Å². The van der Waals surface area contributed by atoms with E-state index in [1.54, 1.807) is 29.0 Å². The molecule has 0 aliphatic heterocycles. The Bertz CT molecular complexity index is 1220. The molecule has 3 aromatic heterocycles. The van der Waals surface area contributed by atoms with E-state index in [0.717, 1.165) is 22.8 Å². The first-order chi connectivity index (χ1) is 14.0. The van der Waals surface area contributed by atoms with Crippen molar-refractivity contribution < 1.29 is 4.79 Å². The molecule has 8 heteroatoms. The predicted molar refractivity (Wildman–Crippen MR) is 115 cm³/mol. The zero-order chi connectivity index (χ0) is 20.4. The van der Waals surface area contributed by atoms with Crippen LogP contribution in [0.5, 0.6) is 0 Å². The number of thiophene rings is 1. The summed E-state index contributed by atoms with van der Waals surface area (Å²) in [5.41, 5.74) is 2.38. The van der Waals surface area contributed by atoms with E-state index in [1.807, 2.05) is 48.1 Å². The number of hydrogen-bond donors (Lipinski definition) is 1. The van der Waals surface area contributed by atoms with E-state index in [9.17, 15) is 9.59 Å². The highest BCUT2D eigenvalue weighted by Gasteiger charge is 2.12. The maximum atomic E-state index is 12.2. The minimum atomic E-state index is -0.174. The molecule has 0 radical (unpaired) electrons. The molecular weight excluding hydrogens is 408 g/mol. The van der Waals surface area contributed by atoms with Gasteiger partial charge in [0, 0.05) is 36.8 Å². The van der Waals surface area contributed by atoms with E-state index < -0.39 is 0 Å². The molecule has 0 aliphatic rings. The van der Waals surface area contributed by atoms with Gasteiger partial charge in [0.1, 0.15) is 5.82 Å². The topological polar surface area (TPSA) is 68.9 Å². The van der Waals surface area contributed by atoms with Gasteiger partial charge in [-0.2, -0.15) is 0 Å². The number of imidazole rings is 1. The van der Waals surface area contributed by atoms with Crippen molar-refractivity contribution in [2.24, 2.45) is 7.05 Å². The number of hydrogen-bond acceptors (Lipinski definition) is 4. The molecule has 1 amide bonds. The van der Waals surface area contributed by atoms with Crippen molar-refractivity contribution in [1.29, 1.82) is 0 Å². The normalized spacial score (nSPS) is 10.8. The van der Waals surface area contributed by atoms with Crippen LogP contribution in [0.2, 0.25) is 4.34 Å². The molecule has 0 aliphatic carbocycles. The quantitative estimate of drug-likeness (QED) is 0.528. The monoisotopic (exact) mass is 424 g/mol. The van der Waals surface area contributed by atoms with Crippen LogP contribution in [0.1, 0.15) is 15.4 Å². The summed E-state index contributed by atoms with van der Waals surface area (Å²) in [6, 6.07) is 16.1. The Kier molecular flexibility index (Phi) is 5.33. The molecule has 0 atom stereocenters. The highest BCUT2D eigenvalue weighted by atomic mass is 35.5. The standard InChI is InChI=1S/C21H17ClN4O2S/c1-25-13-15(12-23-21(28)17-9-10-18(22)29-17)24-20(25)14-5-7-16(8-6-14)26-11-3-2-4-19(26)27/h2-11,13H,12H2,1H3,(H,23,28). The van der Waals surface area contributed by atoms with Crippen LogP contribution in [0.3, 0.4) is 0 Å². The molecule has 0 unspecified atom stereocenters. The van der Waals surface area contributed by atoms with E-state index in [1.165, 1.54) is 17.4 Å². The first kappa shape index (κ1) is 19.2. The molecule has 0 spiro atoms. The summed E-state index contributed by atoms with van der Waals surface area (Å²) >= 11 is 7.12. The Morgan fingerprint density at radius 3 is 2.62 bits per heavy atom. The maximum absolute atomic E-state index is 12.2. The number of benzene rings is 1. The van der Waals surface area contributed by atoms with Gasteiger partial charge in [-0.3, -0.25) is 14.2 Å². The second-order valence-corrected chi connectivity index (χ2v) is 8.12. The van der Waals surface area contributed by atoms with Crippen molar-refractivity contribution in [1.82, 2.24) is 19.4 Å². The predicted octanol–water partition coefficient (Wildman–Crippen LogP) is 3.88. The molecule has 146 valence electrons. The van der Waals surface area contributed by atoms with Crippen molar-refractivity contribution in [2.45, 2.75) is 6.54 Å².